The first-order valence-electron chi connectivity index (χ1n) is 12.0. The van der Waals surface area contributed by atoms with Gasteiger partial charge in [0.2, 0.25) is 0 Å². The zero-order valence-electron chi connectivity index (χ0n) is 19.1. The van der Waals surface area contributed by atoms with Crippen LogP contribution < -0.4 is 4.74 Å². The Morgan fingerprint density at radius 3 is 2.21 bits per heavy atom. The molecule has 0 saturated heterocycles. The standard InChI is InChI=1S/C30H30O3/c1-2-30(31)33-29-18-10-8-16-26(29)25-15-7-9-17-28(25)32-20-27-23-13-5-3-11-21(23)19-22-12-4-6-14-24(22)27/h3-7,9,11-15,17,19,26,29H,2,8,10,16,18,20H2,1H3. The summed E-state index contributed by atoms with van der Waals surface area (Å²) in [6.45, 7) is 2.34. The maximum Gasteiger partial charge on any atom is 0.305 e. The lowest BCUT2D eigenvalue weighted by Crippen LogP contribution is -2.28. The Morgan fingerprint density at radius 1 is 0.848 bits per heavy atom. The van der Waals surface area contributed by atoms with E-state index in [2.05, 4.69) is 72.8 Å². The van der Waals surface area contributed by atoms with Gasteiger partial charge >= 0.3 is 5.97 Å². The molecule has 1 saturated carbocycles. The maximum atomic E-state index is 12.0. The minimum atomic E-state index is -0.118. The smallest absolute Gasteiger partial charge is 0.305 e. The van der Waals surface area contributed by atoms with Gasteiger partial charge in [-0.25, -0.2) is 0 Å². The number of benzene rings is 4. The first-order chi connectivity index (χ1) is 16.2. The van der Waals surface area contributed by atoms with Crippen molar-refractivity contribution in [3.05, 3.63) is 90.0 Å². The van der Waals surface area contributed by atoms with Crippen LogP contribution in [-0.2, 0) is 16.1 Å². The van der Waals surface area contributed by atoms with Crippen LogP contribution in [0.2, 0.25) is 0 Å². The zero-order chi connectivity index (χ0) is 22.6. The molecule has 0 spiro atoms. The van der Waals surface area contributed by atoms with Crippen molar-refractivity contribution < 1.29 is 14.3 Å². The van der Waals surface area contributed by atoms with Crippen LogP contribution in [0.25, 0.3) is 21.5 Å². The molecule has 4 aromatic rings. The molecule has 1 aliphatic carbocycles. The molecular formula is C30H30O3. The van der Waals surface area contributed by atoms with E-state index in [0.717, 1.165) is 37.0 Å². The van der Waals surface area contributed by atoms with Crippen LogP contribution in [0.15, 0.2) is 78.9 Å². The number of carbonyl (C=O) groups excluding carboxylic acids is 1. The molecule has 0 amide bonds. The molecule has 3 nitrogen and oxygen atoms in total. The van der Waals surface area contributed by atoms with Crippen molar-refractivity contribution in [1.29, 1.82) is 0 Å². The highest BCUT2D eigenvalue weighted by Gasteiger charge is 2.31. The van der Waals surface area contributed by atoms with Crippen molar-refractivity contribution in [1.82, 2.24) is 0 Å². The topological polar surface area (TPSA) is 35.5 Å². The SMILES string of the molecule is CCC(=O)OC1CCCCC1c1ccccc1OCc1c2ccccc2cc2ccccc12. The van der Waals surface area contributed by atoms with Crippen LogP contribution >= 0.6 is 0 Å². The van der Waals surface area contributed by atoms with Crippen molar-refractivity contribution in [3.8, 4) is 5.75 Å². The molecule has 0 aliphatic heterocycles. The van der Waals surface area contributed by atoms with E-state index in [0.29, 0.717) is 13.0 Å². The lowest BCUT2D eigenvalue weighted by molar-refractivity contribution is -0.151. The Kier molecular flexibility index (Phi) is 6.30. The van der Waals surface area contributed by atoms with Crippen LogP contribution in [0.4, 0.5) is 0 Å². The van der Waals surface area contributed by atoms with E-state index >= 15 is 0 Å². The maximum absolute atomic E-state index is 12.0. The van der Waals surface area contributed by atoms with Gasteiger partial charge in [0.15, 0.2) is 0 Å². The molecule has 0 heterocycles. The Hall–Kier alpha value is -3.33. The summed E-state index contributed by atoms with van der Waals surface area (Å²) in [6, 6.07) is 27.5. The van der Waals surface area contributed by atoms with E-state index < -0.39 is 0 Å². The summed E-state index contributed by atoms with van der Waals surface area (Å²) in [5.74, 6) is 0.946. The van der Waals surface area contributed by atoms with Gasteiger partial charge in [-0.05, 0) is 52.9 Å². The number of para-hydroxylation sites is 1. The monoisotopic (exact) mass is 438 g/mol. The summed E-state index contributed by atoms with van der Waals surface area (Å²) < 4.78 is 12.4. The summed E-state index contributed by atoms with van der Waals surface area (Å²) >= 11 is 0. The molecule has 3 heteroatoms. The number of hydrogen-bond acceptors (Lipinski definition) is 3. The second-order valence-corrected chi connectivity index (χ2v) is 8.90. The number of ether oxygens (including phenoxy) is 2. The van der Waals surface area contributed by atoms with Crippen molar-refractivity contribution >= 4 is 27.5 Å². The van der Waals surface area contributed by atoms with Gasteiger partial charge in [-0.15, -0.1) is 0 Å². The third-order valence-corrected chi connectivity index (χ3v) is 6.85. The number of hydrogen-bond donors (Lipinski definition) is 0. The summed E-state index contributed by atoms with van der Waals surface area (Å²) in [6.07, 6.45) is 4.51. The number of carbonyl (C=O) groups is 1. The normalized spacial score (nSPS) is 18.3. The van der Waals surface area contributed by atoms with E-state index in [1.807, 2.05) is 13.0 Å². The molecule has 0 N–H and O–H groups in total. The fraction of sp³-hybridized carbons (Fsp3) is 0.300. The van der Waals surface area contributed by atoms with Crippen molar-refractivity contribution in [2.45, 2.75) is 57.7 Å². The van der Waals surface area contributed by atoms with Crippen LogP contribution in [-0.4, -0.2) is 12.1 Å². The van der Waals surface area contributed by atoms with Gasteiger partial charge in [0.25, 0.3) is 0 Å². The fourth-order valence-corrected chi connectivity index (χ4v) is 5.18. The molecule has 0 bridgehead atoms. The van der Waals surface area contributed by atoms with Crippen LogP contribution in [0.1, 0.15) is 56.1 Å². The molecule has 168 valence electrons. The van der Waals surface area contributed by atoms with E-state index in [1.165, 1.54) is 27.1 Å². The first-order valence-corrected chi connectivity index (χ1v) is 12.0. The van der Waals surface area contributed by atoms with E-state index in [4.69, 9.17) is 9.47 Å². The van der Waals surface area contributed by atoms with Gasteiger partial charge < -0.3 is 9.47 Å². The quantitative estimate of drug-likeness (QED) is 0.230. The highest BCUT2D eigenvalue weighted by molar-refractivity contribution is 6.02. The van der Waals surface area contributed by atoms with Crippen LogP contribution in [0, 0.1) is 0 Å². The van der Waals surface area contributed by atoms with Gasteiger partial charge in [0, 0.05) is 23.5 Å². The fourth-order valence-electron chi connectivity index (χ4n) is 5.18. The molecule has 5 rings (SSSR count). The molecule has 4 aromatic carbocycles. The Balaban J connectivity index is 1.48. The van der Waals surface area contributed by atoms with Gasteiger partial charge in [-0.1, -0.05) is 80.1 Å². The highest BCUT2D eigenvalue weighted by Crippen LogP contribution is 2.40. The van der Waals surface area contributed by atoms with Crippen LogP contribution in [0.3, 0.4) is 0 Å². The minimum absolute atomic E-state index is 0.0747. The molecule has 0 radical (unpaired) electrons. The molecule has 1 fully saturated rings. The Labute approximate surface area is 195 Å². The van der Waals surface area contributed by atoms with E-state index in [-0.39, 0.29) is 18.0 Å². The molecule has 0 aromatic heterocycles. The Bertz CT molecular complexity index is 1220. The summed E-state index contributed by atoms with van der Waals surface area (Å²) in [7, 11) is 0. The number of esters is 1. The lowest BCUT2D eigenvalue weighted by Gasteiger charge is -2.32. The van der Waals surface area contributed by atoms with E-state index in [1.54, 1.807) is 0 Å². The van der Waals surface area contributed by atoms with Gasteiger partial charge in [0.1, 0.15) is 18.5 Å². The van der Waals surface area contributed by atoms with Crippen LogP contribution in [0.5, 0.6) is 5.75 Å². The second-order valence-electron chi connectivity index (χ2n) is 8.90. The summed E-state index contributed by atoms with van der Waals surface area (Å²) in [5, 5.41) is 4.89. The predicted molar refractivity (Wildman–Crippen MR) is 134 cm³/mol. The summed E-state index contributed by atoms with van der Waals surface area (Å²) in [5.41, 5.74) is 2.35. The average molecular weight is 439 g/mol. The number of fused-ring (bicyclic) bond motifs is 2. The lowest BCUT2D eigenvalue weighted by atomic mass is 9.81. The average Bonchev–Trinajstić information content (AvgIpc) is 2.87. The minimum Gasteiger partial charge on any atom is -0.489 e. The molecule has 33 heavy (non-hydrogen) atoms. The molecule has 2 atom stereocenters. The van der Waals surface area contributed by atoms with Gasteiger partial charge in [-0.3, -0.25) is 4.79 Å². The third kappa shape index (κ3) is 4.45. The zero-order valence-corrected chi connectivity index (χ0v) is 19.1. The van der Waals surface area contributed by atoms with E-state index in [9.17, 15) is 4.79 Å². The second kappa shape index (κ2) is 9.66. The van der Waals surface area contributed by atoms with Crippen molar-refractivity contribution in [2.24, 2.45) is 0 Å². The molecule has 2 unspecified atom stereocenters. The highest BCUT2D eigenvalue weighted by atomic mass is 16.5. The molecular weight excluding hydrogens is 408 g/mol. The first kappa shape index (κ1) is 21.5. The third-order valence-electron chi connectivity index (χ3n) is 6.85. The van der Waals surface area contributed by atoms with Crippen molar-refractivity contribution in [3.63, 3.8) is 0 Å². The largest absolute Gasteiger partial charge is 0.489 e. The molecule has 1 aliphatic rings. The van der Waals surface area contributed by atoms with Crippen molar-refractivity contribution in [2.75, 3.05) is 0 Å². The predicted octanol–water partition coefficient (Wildman–Crippen LogP) is 7.55. The van der Waals surface area contributed by atoms with Gasteiger partial charge in [0.05, 0.1) is 0 Å². The Morgan fingerprint density at radius 2 is 1.48 bits per heavy atom. The summed E-state index contributed by atoms with van der Waals surface area (Å²) in [4.78, 5) is 12.0. The number of rotatable bonds is 6. The van der Waals surface area contributed by atoms with Gasteiger partial charge in [-0.2, -0.15) is 0 Å².